The van der Waals surface area contributed by atoms with E-state index in [1.165, 1.54) is 12.1 Å². The van der Waals surface area contributed by atoms with E-state index in [4.69, 9.17) is 16.3 Å². The van der Waals surface area contributed by atoms with E-state index >= 15 is 0 Å². The maximum Gasteiger partial charge on any atom is 0.280 e. The number of anilines is 1. The van der Waals surface area contributed by atoms with Crippen LogP contribution in [0.4, 0.5) is 11.4 Å². The summed E-state index contributed by atoms with van der Waals surface area (Å²) in [6.07, 6.45) is 3.27. The second-order valence-electron chi connectivity index (χ2n) is 3.53. The highest BCUT2D eigenvalue weighted by molar-refractivity contribution is 6.29. The summed E-state index contributed by atoms with van der Waals surface area (Å²) in [4.78, 5) is 21.6. The van der Waals surface area contributed by atoms with Gasteiger partial charge in [-0.05, 0) is 18.2 Å². The molecule has 1 amide bonds. The number of alkyl halides is 1. The molecule has 0 saturated carbocycles. The number of benzene rings is 1. The fourth-order valence-corrected chi connectivity index (χ4v) is 1.71. The minimum Gasteiger partial charge on any atom is -0.486 e. The summed E-state index contributed by atoms with van der Waals surface area (Å²) in [5.41, 5.74) is 0.661. The number of halogens is 1. The monoisotopic (exact) mass is 268 g/mol. The van der Waals surface area contributed by atoms with Crippen LogP contribution in [0.1, 0.15) is 5.56 Å². The van der Waals surface area contributed by atoms with Crippen LogP contribution in [-0.2, 0) is 4.79 Å². The summed E-state index contributed by atoms with van der Waals surface area (Å²) < 4.78 is 5.34. The van der Waals surface area contributed by atoms with Gasteiger partial charge in [-0.3, -0.25) is 14.9 Å². The van der Waals surface area contributed by atoms with Gasteiger partial charge in [-0.25, -0.2) is 0 Å². The largest absolute Gasteiger partial charge is 0.486 e. The van der Waals surface area contributed by atoms with Crippen molar-refractivity contribution in [3.05, 3.63) is 33.9 Å². The Hall–Kier alpha value is -2.08. The highest BCUT2D eigenvalue weighted by atomic mass is 35.5. The zero-order valence-corrected chi connectivity index (χ0v) is 9.94. The molecule has 0 aromatic heterocycles. The molecule has 0 spiro atoms. The van der Waals surface area contributed by atoms with E-state index in [9.17, 15) is 14.9 Å². The van der Waals surface area contributed by atoms with Crippen molar-refractivity contribution < 1.29 is 14.5 Å². The first-order valence-electron chi connectivity index (χ1n) is 5.10. The maximum absolute atomic E-state index is 11.2. The summed E-state index contributed by atoms with van der Waals surface area (Å²) in [7, 11) is 0. The molecule has 0 bridgehead atoms. The maximum atomic E-state index is 11.2. The molecule has 0 unspecified atom stereocenters. The minimum absolute atomic E-state index is 0.0650. The number of hydrogen-bond donors (Lipinski definition) is 1. The van der Waals surface area contributed by atoms with Crippen LogP contribution < -0.4 is 10.1 Å². The Balaban J connectivity index is 2.48. The van der Waals surface area contributed by atoms with E-state index in [-0.39, 0.29) is 11.6 Å². The number of carbonyl (C=O) groups excluding carboxylic acids is 1. The van der Waals surface area contributed by atoms with Crippen molar-refractivity contribution in [3.63, 3.8) is 0 Å². The molecule has 94 valence electrons. The van der Waals surface area contributed by atoms with E-state index in [1.54, 1.807) is 12.2 Å². The zero-order chi connectivity index (χ0) is 13.1. The number of rotatable bonds is 3. The Labute approximate surface area is 107 Å². The van der Waals surface area contributed by atoms with Crippen molar-refractivity contribution in [1.29, 1.82) is 0 Å². The number of nitro groups is 1. The molecule has 0 fully saturated rings. The van der Waals surface area contributed by atoms with Gasteiger partial charge in [-0.15, -0.1) is 11.6 Å². The van der Waals surface area contributed by atoms with Crippen molar-refractivity contribution in [3.8, 4) is 5.75 Å². The molecule has 18 heavy (non-hydrogen) atoms. The predicted molar refractivity (Wildman–Crippen MR) is 67.0 cm³/mol. The van der Waals surface area contributed by atoms with Crippen LogP contribution in [0.25, 0.3) is 6.08 Å². The van der Waals surface area contributed by atoms with Gasteiger partial charge in [0.05, 0.1) is 16.2 Å². The first-order chi connectivity index (χ1) is 8.63. The highest BCUT2D eigenvalue weighted by Gasteiger charge is 2.22. The number of fused-ring (bicyclic) bond motifs is 1. The van der Waals surface area contributed by atoms with Gasteiger partial charge in [0.15, 0.2) is 5.75 Å². The molecule has 0 aliphatic carbocycles. The van der Waals surface area contributed by atoms with Gasteiger partial charge in [0.1, 0.15) is 12.5 Å². The van der Waals surface area contributed by atoms with Gasteiger partial charge in [-0.1, -0.05) is 0 Å². The van der Waals surface area contributed by atoms with E-state index in [2.05, 4.69) is 5.32 Å². The average molecular weight is 269 g/mol. The lowest BCUT2D eigenvalue weighted by molar-refractivity contribution is -0.385. The number of amides is 1. The fraction of sp³-hybridized carbons (Fsp3) is 0.182. The molecule has 1 heterocycles. The molecule has 0 atom stereocenters. The van der Waals surface area contributed by atoms with E-state index in [1.807, 2.05) is 0 Å². The van der Waals surface area contributed by atoms with Crippen molar-refractivity contribution in [2.24, 2.45) is 0 Å². The van der Waals surface area contributed by atoms with Crippen molar-refractivity contribution in [1.82, 2.24) is 0 Å². The van der Waals surface area contributed by atoms with E-state index < -0.39 is 10.8 Å². The Morgan fingerprint density at radius 1 is 1.56 bits per heavy atom. The number of nitro benzene ring substituents is 1. The van der Waals surface area contributed by atoms with Crippen LogP contribution in [0, 0.1) is 10.1 Å². The predicted octanol–water partition coefficient (Wildman–Crippen LogP) is 2.18. The van der Waals surface area contributed by atoms with Gasteiger partial charge in [-0.2, -0.15) is 0 Å². The standard InChI is InChI=1S/C11H9ClN2O4/c12-6-10(15)13-8-3-4-9(14(16)17)7-2-1-5-18-11(7)8/h1-4H,5-6H2,(H,13,15). The molecule has 7 heteroatoms. The van der Waals surface area contributed by atoms with Gasteiger partial charge in [0.25, 0.3) is 5.69 Å². The molecular formula is C11H9ClN2O4. The number of hydrogen-bond acceptors (Lipinski definition) is 4. The first-order valence-corrected chi connectivity index (χ1v) is 5.63. The van der Waals surface area contributed by atoms with Crippen LogP contribution in [-0.4, -0.2) is 23.3 Å². The molecule has 1 N–H and O–H groups in total. The lowest BCUT2D eigenvalue weighted by atomic mass is 10.1. The number of carbonyl (C=O) groups is 1. The van der Waals surface area contributed by atoms with Gasteiger partial charge in [0.2, 0.25) is 5.91 Å². The van der Waals surface area contributed by atoms with Gasteiger partial charge in [0, 0.05) is 6.07 Å². The molecular weight excluding hydrogens is 260 g/mol. The topological polar surface area (TPSA) is 81.5 Å². The molecule has 1 aromatic rings. The summed E-state index contributed by atoms with van der Waals surface area (Å²) in [6.45, 7) is 0.303. The zero-order valence-electron chi connectivity index (χ0n) is 9.18. The third-order valence-corrected chi connectivity index (χ3v) is 2.62. The second kappa shape index (κ2) is 5.05. The van der Waals surface area contributed by atoms with Crippen LogP contribution in [0.5, 0.6) is 5.75 Å². The lowest BCUT2D eigenvalue weighted by Crippen LogP contribution is -2.15. The summed E-state index contributed by atoms with van der Waals surface area (Å²) in [5, 5.41) is 13.4. The Bertz CT molecular complexity index is 542. The van der Waals surface area contributed by atoms with E-state index in [0.717, 1.165) is 0 Å². The third-order valence-electron chi connectivity index (χ3n) is 2.37. The molecule has 1 aliphatic rings. The Morgan fingerprint density at radius 3 is 3.00 bits per heavy atom. The smallest absolute Gasteiger partial charge is 0.280 e. The summed E-state index contributed by atoms with van der Waals surface area (Å²) in [6, 6.07) is 2.75. The molecule has 1 aliphatic heterocycles. The van der Waals surface area contributed by atoms with Crippen LogP contribution in [0.3, 0.4) is 0 Å². The molecule has 0 radical (unpaired) electrons. The van der Waals surface area contributed by atoms with Crippen LogP contribution >= 0.6 is 11.6 Å². The number of nitrogens with zero attached hydrogens (tertiary/aromatic N) is 1. The first kappa shape index (κ1) is 12.4. The normalized spacial score (nSPS) is 12.5. The average Bonchev–Trinajstić information content (AvgIpc) is 2.38. The third kappa shape index (κ3) is 2.28. The molecule has 2 rings (SSSR count). The summed E-state index contributed by atoms with van der Waals surface area (Å²) >= 11 is 5.39. The van der Waals surface area contributed by atoms with E-state index in [0.29, 0.717) is 23.6 Å². The molecule has 1 aromatic carbocycles. The second-order valence-corrected chi connectivity index (χ2v) is 3.79. The van der Waals surface area contributed by atoms with Crippen molar-refractivity contribution in [2.45, 2.75) is 0 Å². The number of nitrogens with one attached hydrogen (secondary N) is 1. The highest BCUT2D eigenvalue weighted by Crippen LogP contribution is 2.38. The Kier molecular flexibility index (Phi) is 3.47. The SMILES string of the molecule is O=C(CCl)Nc1ccc([N+](=O)[O-])c2c1OCC=C2. The molecule has 6 nitrogen and oxygen atoms in total. The van der Waals surface area contributed by atoms with Crippen molar-refractivity contribution in [2.75, 3.05) is 17.8 Å². The van der Waals surface area contributed by atoms with Crippen LogP contribution in [0.2, 0.25) is 0 Å². The van der Waals surface area contributed by atoms with Crippen LogP contribution in [0.15, 0.2) is 18.2 Å². The lowest BCUT2D eigenvalue weighted by Gasteiger charge is -2.16. The minimum atomic E-state index is -0.495. The van der Waals surface area contributed by atoms with Crippen molar-refractivity contribution >= 4 is 35.0 Å². The summed E-state index contributed by atoms with van der Waals surface area (Å²) in [5.74, 6) is -0.294. The van der Waals surface area contributed by atoms with Gasteiger partial charge < -0.3 is 10.1 Å². The molecule has 0 saturated heterocycles. The fourth-order valence-electron chi connectivity index (χ4n) is 1.64. The quantitative estimate of drug-likeness (QED) is 0.517. The number of ether oxygens (including phenoxy) is 1. The van der Waals surface area contributed by atoms with Gasteiger partial charge >= 0.3 is 0 Å². The Morgan fingerprint density at radius 2 is 2.33 bits per heavy atom.